The van der Waals surface area contributed by atoms with Crippen LogP contribution >= 0.6 is 23.6 Å². The molecule has 0 amide bonds. The van der Waals surface area contributed by atoms with Gasteiger partial charge in [0.15, 0.2) is 5.75 Å². The maximum Gasteiger partial charge on any atom is 1.00 e. The minimum absolute atomic E-state index is 0. The van der Waals surface area contributed by atoms with Crippen molar-refractivity contribution in [2.75, 3.05) is 10.6 Å². The van der Waals surface area contributed by atoms with Crippen LogP contribution in [0, 0.1) is 0 Å². The Balaban J connectivity index is 0.00000290. The molecule has 0 aliphatic carbocycles. The minimum Gasteiger partial charge on any atom is -0.744 e. The number of halogens is 1. The van der Waals surface area contributed by atoms with E-state index < -0.39 is 73.4 Å². The molecule has 0 aliphatic rings. The maximum absolute atomic E-state index is 12.2. The number of fused-ring (bicyclic) bond motifs is 2. The van der Waals surface area contributed by atoms with Crippen molar-refractivity contribution in [3.63, 3.8) is 0 Å². The Labute approximate surface area is 426 Å². The SMILES string of the molecule is O=S(=O)([O-])c1cc(Nc2nc(Cl)nc(Nc3cccc4c(S(=O)(=O)[O-])cccc34)n2)c2c(O)c(N=Nc3ccccc3S(=O)(=O)[O-])c(SOO[O-])cc2c1.[Na+].[Na+].[Na+].[Na+]. The predicted molar refractivity (Wildman–Crippen MR) is 183 cm³/mol. The Bertz CT molecular complexity index is 2870. The van der Waals surface area contributed by atoms with E-state index in [0.717, 1.165) is 36.4 Å². The van der Waals surface area contributed by atoms with Crippen LogP contribution in [0.15, 0.2) is 109 Å². The van der Waals surface area contributed by atoms with Gasteiger partial charge in [-0.2, -0.15) is 19.3 Å². The summed E-state index contributed by atoms with van der Waals surface area (Å²) in [7, 11) is -15.1. The largest absolute Gasteiger partial charge is 1.00 e. The van der Waals surface area contributed by atoms with E-state index in [1.807, 2.05) is 0 Å². The summed E-state index contributed by atoms with van der Waals surface area (Å²) in [4.78, 5) is 9.81. The number of nitrogens with zero attached hydrogens (tertiary/aromatic N) is 5. The molecule has 6 rings (SSSR count). The molecule has 0 radical (unpaired) electrons. The molecule has 280 valence electrons. The molecular formula is C29H16ClN7Na4O13S4. The number of azo groups is 1. The standard InChI is InChI=1S/C29H20ClN7O13S4.4Na/c30-27-33-28(31-18-8-3-6-17-16(18)5-4-10-22(17)53(43,44)45)35-29(34-27)32-20-13-15(52(40,41)42)11-14-12-21(51-50-49-39)25(26(38)24(14)20)37-36-19-7-1-2-9-23(19)54(46,47)48;;;;/h1-13,38-39H,(H,40,41,42)(H,43,44,45)(H,46,47,48)(H2,31,32,33,34,35);;;;/q;4*+1/p-4. The van der Waals surface area contributed by atoms with Crippen molar-refractivity contribution in [2.45, 2.75) is 19.6 Å². The molecule has 0 fully saturated rings. The summed E-state index contributed by atoms with van der Waals surface area (Å²) in [6.45, 7) is 0. The second-order valence-electron chi connectivity index (χ2n) is 10.5. The molecule has 58 heavy (non-hydrogen) atoms. The Morgan fingerprint density at radius 1 is 0.690 bits per heavy atom. The van der Waals surface area contributed by atoms with Crippen molar-refractivity contribution < 1.29 is 177 Å². The van der Waals surface area contributed by atoms with Crippen LogP contribution in [0.1, 0.15) is 0 Å². The van der Waals surface area contributed by atoms with E-state index in [4.69, 9.17) is 11.6 Å². The third kappa shape index (κ3) is 12.5. The van der Waals surface area contributed by atoms with Crippen molar-refractivity contribution in [3.05, 3.63) is 84.1 Å². The summed E-state index contributed by atoms with van der Waals surface area (Å²) in [5, 5.41) is 38.2. The van der Waals surface area contributed by atoms with Crippen LogP contribution in [0.5, 0.6) is 5.75 Å². The fraction of sp³-hybridized carbons (Fsp3) is 0. The van der Waals surface area contributed by atoms with Gasteiger partial charge >= 0.3 is 118 Å². The number of phenols is 1. The zero-order valence-corrected chi connectivity index (χ0v) is 42.1. The second kappa shape index (κ2) is 21.8. The van der Waals surface area contributed by atoms with Crippen LogP contribution in [-0.2, 0) is 39.7 Å². The summed E-state index contributed by atoms with van der Waals surface area (Å²) < 4.78 is 112. The van der Waals surface area contributed by atoms with Gasteiger partial charge in [0.05, 0.1) is 37.3 Å². The van der Waals surface area contributed by atoms with E-state index in [1.165, 1.54) is 42.5 Å². The number of aromatic nitrogens is 3. The first-order valence-corrected chi connectivity index (χ1v) is 19.6. The molecule has 0 aliphatic heterocycles. The molecule has 29 heteroatoms. The molecule has 0 saturated heterocycles. The zero-order chi connectivity index (χ0) is 39.0. The van der Waals surface area contributed by atoms with Crippen LogP contribution in [0.4, 0.5) is 34.6 Å². The fourth-order valence-electron chi connectivity index (χ4n) is 5.08. The number of benzene rings is 5. The van der Waals surface area contributed by atoms with E-state index in [-0.39, 0.29) is 174 Å². The van der Waals surface area contributed by atoms with Gasteiger partial charge in [-0.15, -0.1) is 10.2 Å². The normalized spacial score (nSPS) is 11.6. The third-order valence-corrected chi connectivity index (χ3v) is 10.6. The fourth-order valence-corrected chi connectivity index (χ4v) is 7.57. The van der Waals surface area contributed by atoms with Crippen molar-refractivity contribution in [3.8, 4) is 5.75 Å². The molecule has 6 aromatic rings. The van der Waals surface area contributed by atoms with E-state index in [9.17, 15) is 49.3 Å². The number of nitrogens with one attached hydrogen (secondary N) is 2. The molecule has 20 nitrogen and oxygen atoms in total. The van der Waals surface area contributed by atoms with Gasteiger partial charge in [-0.25, -0.2) is 25.3 Å². The first-order chi connectivity index (χ1) is 25.4. The van der Waals surface area contributed by atoms with E-state index >= 15 is 0 Å². The smallest absolute Gasteiger partial charge is 0.744 e. The van der Waals surface area contributed by atoms with Crippen molar-refractivity contribution in [1.29, 1.82) is 0 Å². The van der Waals surface area contributed by atoms with Gasteiger partial charge < -0.3 is 34.7 Å². The molecule has 5 aromatic carbocycles. The predicted octanol–water partition coefficient (Wildman–Crippen LogP) is -7.60. The first kappa shape index (κ1) is 53.0. The van der Waals surface area contributed by atoms with Gasteiger partial charge in [0.1, 0.15) is 41.7 Å². The Morgan fingerprint density at radius 2 is 1.28 bits per heavy atom. The Kier molecular flexibility index (Phi) is 19.9. The molecule has 0 spiro atoms. The van der Waals surface area contributed by atoms with E-state index in [2.05, 4.69) is 45.2 Å². The summed E-state index contributed by atoms with van der Waals surface area (Å²) in [5.74, 6) is -1.47. The molecule has 0 unspecified atom stereocenters. The monoisotopic (exact) mass is 925 g/mol. The number of aromatic hydroxyl groups is 1. The summed E-state index contributed by atoms with van der Waals surface area (Å²) in [6.07, 6.45) is 0. The zero-order valence-electron chi connectivity index (χ0n) is 30.1. The number of rotatable bonds is 12. The Hall–Kier alpha value is -1.12. The van der Waals surface area contributed by atoms with Gasteiger partial charge in [0.2, 0.25) is 17.2 Å². The number of hydrogen-bond donors (Lipinski definition) is 3. The van der Waals surface area contributed by atoms with E-state index in [1.54, 1.807) is 0 Å². The molecule has 0 bridgehead atoms. The minimum atomic E-state index is -5.19. The molecule has 0 atom stereocenters. The maximum atomic E-state index is 12.2. The van der Waals surface area contributed by atoms with Crippen molar-refractivity contribution in [1.82, 2.24) is 15.0 Å². The number of phenolic OH excluding ortho intramolecular Hbond substituents is 1. The molecule has 0 saturated carbocycles. The van der Waals surface area contributed by atoms with Crippen LogP contribution in [0.2, 0.25) is 5.28 Å². The van der Waals surface area contributed by atoms with Gasteiger partial charge in [-0.05, 0) is 59.5 Å². The van der Waals surface area contributed by atoms with Gasteiger partial charge in [-0.1, -0.05) is 36.4 Å². The molecule has 3 N–H and O–H groups in total. The third-order valence-electron chi connectivity index (χ3n) is 7.21. The topological polar surface area (TPSA) is 321 Å². The van der Waals surface area contributed by atoms with Crippen molar-refractivity contribution in [2.24, 2.45) is 10.2 Å². The second-order valence-corrected chi connectivity index (χ2v) is 15.7. The Morgan fingerprint density at radius 3 is 1.90 bits per heavy atom. The summed E-state index contributed by atoms with van der Waals surface area (Å²) in [6, 6.07) is 15.9. The van der Waals surface area contributed by atoms with E-state index in [0.29, 0.717) is 0 Å². The van der Waals surface area contributed by atoms with Gasteiger partial charge in [0.25, 0.3) is 0 Å². The van der Waals surface area contributed by atoms with Crippen LogP contribution < -0.4 is 134 Å². The molecular weight excluding hydrogens is 910 g/mol. The molecule has 1 heterocycles. The van der Waals surface area contributed by atoms with Gasteiger partial charge in [-0.3, -0.25) is 5.04 Å². The van der Waals surface area contributed by atoms with Crippen molar-refractivity contribution >= 4 is 110 Å². The molecule has 1 aromatic heterocycles. The van der Waals surface area contributed by atoms with Crippen LogP contribution in [-0.4, -0.2) is 59.0 Å². The average molecular weight is 926 g/mol. The average Bonchev–Trinajstić information content (AvgIpc) is 3.08. The quantitative estimate of drug-likeness (QED) is 0.0256. The first-order valence-electron chi connectivity index (χ1n) is 14.3. The number of anilines is 4. The van der Waals surface area contributed by atoms with Crippen LogP contribution in [0.25, 0.3) is 21.5 Å². The van der Waals surface area contributed by atoms with Crippen LogP contribution in [0.3, 0.4) is 0 Å². The summed E-state index contributed by atoms with van der Waals surface area (Å²) >= 11 is 6.34. The van der Waals surface area contributed by atoms with Gasteiger partial charge in [0, 0.05) is 21.8 Å². The number of hydrogen-bond acceptors (Lipinski definition) is 21. The summed E-state index contributed by atoms with van der Waals surface area (Å²) in [5.41, 5.74) is -1.08.